The first-order chi connectivity index (χ1) is 4.85. The van der Waals surface area contributed by atoms with Gasteiger partial charge in [0.05, 0.1) is 0 Å². The lowest BCUT2D eigenvalue weighted by molar-refractivity contribution is 0.0196. The average molecular weight is 153 g/mol. The van der Waals surface area contributed by atoms with Crippen LogP contribution in [0, 0.1) is 0 Å². The van der Waals surface area contributed by atoms with Crippen LogP contribution in [0.5, 0.6) is 0 Å². The molecule has 0 bridgehead atoms. The third-order valence-electron chi connectivity index (χ3n) is 1.05. The van der Waals surface area contributed by atoms with Crippen LogP contribution in [-0.2, 0) is 4.74 Å². The highest BCUT2D eigenvalue weighted by Crippen LogP contribution is 1.94. The fraction of sp³-hybridized carbons (Fsp3) is 1.00. The molecule has 0 spiro atoms. The van der Waals surface area contributed by atoms with Crippen molar-refractivity contribution >= 4 is 0 Å². The van der Waals surface area contributed by atoms with Gasteiger partial charge in [0.25, 0.3) is 0 Å². The molecular formula is C6H13F2NO. The molecular weight excluding hydrogens is 140 g/mol. The van der Waals surface area contributed by atoms with Gasteiger partial charge < -0.3 is 10.5 Å². The third-order valence-corrected chi connectivity index (χ3v) is 1.05. The maximum atomic E-state index is 11.7. The van der Waals surface area contributed by atoms with E-state index in [1.165, 1.54) is 0 Å². The van der Waals surface area contributed by atoms with Gasteiger partial charge in [0, 0.05) is 6.61 Å². The van der Waals surface area contributed by atoms with E-state index in [0.29, 0.717) is 19.6 Å². The molecule has 0 fully saturated rings. The van der Waals surface area contributed by atoms with Crippen LogP contribution >= 0.6 is 0 Å². The molecule has 0 aromatic rings. The molecule has 0 heterocycles. The number of halogens is 2. The molecule has 0 aliphatic rings. The van der Waals surface area contributed by atoms with Crippen LogP contribution in [0.25, 0.3) is 0 Å². The van der Waals surface area contributed by atoms with Gasteiger partial charge in [-0.05, 0) is 13.0 Å². The van der Waals surface area contributed by atoms with Crippen LogP contribution in [0.15, 0.2) is 0 Å². The molecule has 0 aromatic carbocycles. The Balaban J connectivity index is 3.09. The SMILES string of the molecule is NCCCOC(CF)CF. The Bertz CT molecular complexity index is 68.8. The predicted molar refractivity (Wildman–Crippen MR) is 35.4 cm³/mol. The van der Waals surface area contributed by atoms with E-state index in [4.69, 9.17) is 10.5 Å². The van der Waals surface area contributed by atoms with Crippen molar-refractivity contribution < 1.29 is 13.5 Å². The van der Waals surface area contributed by atoms with Crippen molar-refractivity contribution in [2.75, 3.05) is 26.5 Å². The fourth-order valence-electron chi connectivity index (χ4n) is 0.464. The van der Waals surface area contributed by atoms with E-state index in [-0.39, 0.29) is 0 Å². The van der Waals surface area contributed by atoms with Crippen molar-refractivity contribution in [2.45, 2.75) is 12.5 Å². The number of alkyl halides is 2. The second kappa shape index (κ2) is 6.89. The molecule has 2 N–H and O–H groups in total. The van der Waals surface area contributed by atoms with E-state index in [1.807, 2.05) is 0 Å². The Morgan fingerprint density at radius 3 is 2.30 bits per heavy atom. The summed E-state index contributed by atoms with van der Waals surface area (Å²) < 4.78 is 28.1. The summed E-state index contributed by atoms with van der Waals surface area (Å²) in [6.07, 6.45) is -0.234. The van der Waals surface area contributed by atoms with E-state index >= 15 is 0 Å². The zero-order chi connectivity index (χ0) is 7.82. The van der Waals surface area contributed by atoms with Crippen molar-refractivity contribution in [1.29, 1.82) is 0 Å². The summed E-state index contributed by atoms with van der Waals surface area (Å²) in [4.78, 5) is 0. The van der Waals surface area contributed by atoms with Crippen molar-refractivity contribution in [2.24, 2.45) is 5.73 Å². The molecule has 0 aliphatic heterocycles. The predicted octanol–water partition coefficient (Wildman–Crippen LogP) is 0.659. The second-order valence-corrected chi connectivity index (χ2v) is 1.94. The van der Waals surface area contributed by atoms with Gasteiger partial charge in [-0.1, -0.05) is 0 Å². The normalized spacial score (nSPS) is 10.8. The number of nitrogens with two attached hydrogens (primary N) is 1. The fourth-order valence-corrected chi connectivity index (χ4v) is 0.464. The van der Waals surface area contributed by atoms with Crippen LogP contribution in [0.1, 0.15) is 6.42 Å². The molecule has 62 valence electrons. The largest absolute Gasteiger partial charge is 0.373 e. The summed E-state index contributed by atoms with van der Waals surface area (Å²) in [6.45, 7) is -0.692. The van der Waals surface area contributed by atoms with Gasteiger partial charge in [0.2, 0.25) is 0 Å². The van der Waals surface area contributed by atoms with Gasteiger partial charge in [-0.2, -0.15) is 0 Å². The van der Waals surface area contributed by atoms with Gasteiger partial charge in [0.1, 0.15) is 19.5 Å². The molecule has 0 unspecified atom stereocenters. The maximum Gasteiger partial charge on any atom is 0.118 e. The van der Waals surface area contributed by atoms with Gasteiger partial charge in [-0.25, -0.2) is 8.78 Å². The minimum Gasteiger partial charge on any atom is -0.373 e. The van der Waals surface area contributed by atoms with Gasteiger partial charge >= 0.3 is 0 Å². The zero-order valence-corrected chi connectivity index (χ0v) is 5.85. The van der Waals surface area contributed by atoms with Crippen molar-refractivity contribution in [3.63, 3.8) is 0 Å². The second-order valence-electron chi connectivity index (χ2n) is 1.94. The Hall–Kier alpha value is -0.220. The van der Waals surface area contributed by atoms with Crippen LogP contribution in [0.2, 0.25) is 0 Å². The number of hydrogen-bond donors (Lipinski definition) is 1. The number of ether oxygens (including phenoxy) is 1. The molecule has 4 heteroatoms. The number of rotatable bonds is 6. The molecule has 10 heavy (non-hydrogen) atoms. The molecule has 0 aromatic heterocycles. The van der Waals surface area contributed by atoms with E-state index in [0.717, 1.165) is 0 Å². The highest BCUT2D eigenvalue weighted by Gasteiger charge is 2.06. The number of hydrogen-bond acceptors (Lipinski definition) is 2. The smallest absolute Gasteiger partial charge is 0.118 e. The van der Waals surface area contributed by atoms with E-state index in [2.05, 4.69) is 0 Å². The van der Waals surface area contributed by atoms with Gasteiger partial charge in [-0.15, -0.1) is 0 Å². The quantitative estimate of drug-likeness (QED) is 0.569. The van der Waals surface area contributed by atoms with Crippen LogP contribution in [0.3, 0.4) is 0 Å². The van der Waals surface area contributed by atoms with Crippen molar-refractivity contribution in [3.05, 3.63) is 0 Å². The monoisotopic (exact) mass is 153 g/mol. The lowest BCUT2D eigenvalue weighted by Gasteiger charge is -2.08. The molecule has 0 atom stereocenters. The zero-order valence-electron chi connectivity index (χ0n) is 5.85. The first-order valence-electron chi connectivity index (χ1n) is 3.28. The van der Waals surface area contributed by atoms with Crippen LogP contribution < -0.4 is 5.73 Å². The van der Waals surface area contributed by atoms with Crippen LogP contribution in [-0.4, -0.2) is 32.6 Å². The Morgan fingerprint density at radius 1 is 1.30 bits per heavy atom. The molecule has 0 saturated heterocycles. The molecule has 0 aliphatic carbocycles. The van der Waals surface area contributed by atoms with Crippen molar-refractivity contribution in [1.82, 2.24) is 0 Å². The van der Waals surface area contributed by atoms with Gasteiger partial charge in [0.15, 0.2) is 0 Å². The summed E-state index contributed by atoms with van der Waals surface area (Å²) in [7, 11) is 0. The van der Waals surface area contributed by atoms with E-state index in [1.54, 1.807) is 0 Å². The summed E-state index contributed by atoms with van der Waals surface area (Å²) in [5.74, 6) is 0. The summed E-state index contributed by atoms with van der Waals surface area (Å²) in [6, 6.07) is 0. The van der Waals surface area contributed by atoms with Gasteiger partial charge in [-0.3, -0.25) is 0 Å². The lowest BCUT2D eigenvalue weighted by Crippen LogP contribution is -2.19. The van der Waals surface area contributed by atoms with Crippen LogP contribution in [0.4, 0.5) is 8.78 Å². The summed E-state index contributed by atoms with van der Waals surface area (Å²) in [5.41, 5.74) is 5.13. The average Bonchev–Trinajstić information content (AvgIpc) is 1.99. The topological polar surface area (TPSA) is 35.2 Å². The Kier molecular flexibility index (Phi) is 6.74. The molecule has 0 radical (unpaired) electrons. The highest BCUT2D eigenvalue weighted by molar-refractivity contribution is 4.52. The Labute approximate surface area is 59.3 Å². The summed E-state index contributed by atoms with van der Waals surface area (Å²) >= 11 is 0. The molecule has 0 amide bonds. The first-order valence-corrected chi connectivity index (χ1v) is 3.28. The highest BCUT2D eigenvalue weighted by atomic mass is 19.1. The Morgan fingerprint density at radius 2 is 1.90 bits per heavy atom. The lowest BCUT2D eigenvalue weighted by atomic mass is 10.4. The third kappa shape index (κ3) is 4.64. The van der Waals surface area contributed by atoms with E-state index < -0.39 is 19.5 Å². The van der Waals surface area contributed by atoms with Crippen molar-refractivity contribution in [3.8, 4) is 0 Å². The first kappa shape index (κ1) is 9.78. The summed E-state index contributed by atoms with van der Waals surface area (Å²) in [5, 5.41) is 0. The molecule has 2 nitrogen and oxygen atoms in total. The minimum absolute atomic E-state index is 0.342. The minimum atomic E-state index is -0.883. The maximum absolute atomic E-state index is 11.7. The van der Waals surface area contributed by atoms with E-state index in [9.17, 15) is 8.78 Å². The molecule has 0 rings (SSSR count). The molecule has 0 saturated carbocycles. The standard InChI is InChI=1S/C6H13F2NO/c7-4-6(5-8)10-3-1-2-9/h6H,1-5,9H2.